The molecule has 1 aromatic heterocycles. The Balaban J connectivity index is 2.02. The van der Waals surface area contributed by atoms with E-state index in [1.165, 1.54) is 31.7 Å². The van der Waals surface area contributed by atoms with Crippen LogP contribution in [0, 0.1) is 22.5 Å². The van der Waals surface area contributed by atoms with E-state index in [-0.39, 0.29) is 10.6 Å². The van der Waals surface area contributed by atoms with E-state index in [0.717, 1.165) is 6.54 Å². The largest absolute Gasteiger partial charge is 0.369 e. The number of nitrogens with zero attached hydrogens (tertiary/aromatic N) is 2. The monoisotopic (exact) mass is 249 g/mol. The molecule has 1 heterocycles. The van der Waals surface area contributed by atoms with Crippen LogP contribution in [0.5, 0.6) is 0 Å². The van der Waals surface area contributed by atoms with Crippen LogP contribution in [-0.2, 0) is 0 Å². The summed E-state index contributed by atoms with van der Waals surface area (Å²) in [6.45, 7) is 4.76. The van der Waals surface area contributed by atoms with E-state index in [2.05, 4.69) is 17.2 Å². The molecule has 0 atom stereocenters. The fourth-order valence-corrected chi connectivity index (χ4v) is 2.31. The Morgan fingerprint density at radius 1 is 1.56 bits per heavy atom. The van der Waals surface area contributed by atoms with Gasteiger partial charge in [-0.05, 0) is 31.6 Å². The van der Waals surface area contributed by atoms with Crippen molar-refractivity contribution in [2.45, 2.75) is 39.5 Å². The first kappa shape index (κ1) is 12.8. The van der Waals surface area contributed by atoms with Gasteiger partial charge in [-0.15, -0.1) is 0 Å². The first-order valence-electron chi connectivity index (χ1n) is 6.41. The summed E-state index contributed by atoms with van der Waals surface area (Å²) in [6, 6.07) is 1.53. The molecule has 1 fully saturated rings. The van der Waals surface area contributed by atoms with E-state index < -0.39 is 0 Å². The molecule has 0 bridgehead atoms. The third-order valence-electron chi connectivity index (χ3n) is 3.65. The van der Waals surface area contributed by atoms with Gasteiger partial charge in [-0.25, -0.2) is 4.98 Å². The van der Waals surface area contributed by atoms with Crippen molar-refractivity contribution in [3.63, 3.8) is 0 Å². The Morgan fingerprint density at radius 2 is 2.28 bits per heavy atom. The van der Waals surface area contributed by atoms with Crippen LogP contribution < -0.4 is 5.32 Å². The molecular formula is C13H19N3O2. The molecule has 1 aliphatic rings. The van der Waals surface area contributed by atoms with Crippen molar-refractivity contribution in [2.75, 3.05) is 11.9 Å². The fourth-order valence-electron chi connectivity index (χ4n) is 2.31. The van der Waals surface area contributed by atoms with Crippen molar-refractivity contribution < 1.29 is 4.92 Å². The molecule has 0 spiro atoms. The van der Waals surface area contributed by atoms with Crippen molar-refractivity contribution in [3.8, 4) is 0 Å². The molecule has 0 radical (unpaired) electrons. The average Bonchev–Trinajstić information content (AvgIpc) is 3.08. The highest BCUT2D eigenvalue weighted by Gasteiger charge is 2.41. The van der Waals surface area contributed by atoms with Gasteiger partial charge in [0.25, 0.3) is 5.69 Å². The van der Waals surface area contributed by atoms with Gasteiger partial charge in [0, 0.05) is 18.3 Å². The number of rotatable bonds is 6. The van der Waals surface area contributed by atoms with Crippen LogP contribution in [0.25, 0.3) is 0 Å². The Labute approximate surface area is 107 Å². The maximum absolute atomic E-state index is 10.8. The summed E-state index contributed by atoms with van der Waals surface area (Å²) in [7, 11) is 0. The van der Waals surface area contributed by atoms with Crippen molar-refractivity contribution in [1.82, 2.24) is 4.98 Å². The predicted octanol–water partition coefficient (Wildman–Crippen LogP) is 3.29. The van der Waals surface area contributed by atoms with Crippen LogP contribution in [0.3, 0.4) is 0 Å². The second-order valence-electron chi connectivity index (χ2n) is 5.22. The van der Waals surface area contributed by atoms with Gasteiger partial charge in [-0.2, -0.15) is 0 Å². The lowest BCUT2D eigenvalue weighted by atomic mass is 10.0. The Bertz CT molecular complexity index is 456. The first-order valence-corrected chi connectivity index (χ1v) is 6.41. The van der Waals surface area contributed by atoms with Crippen LogP contribution >= 0.6 is 0 Å². The lowest BCUT2D eigenvalue weighted by Gasteiger charge is -2.15. The number of hydrogen-bond acceptors (Lipinski definition) is 4. The zero-order chi connectivity index (χ0) is 13.2. The van der Waals surface area contributed by atoms with Crippen molar-refractivity contribution in [2.24, 2.45) is 5.41 Å². The quantitative estimate of drug-likeness (QED) is 0.620. The van der Waals surface area contributed by atoms with Gasteiger partial charge < -0.3 is 5.32 Å². The molecule has 0 aliphatic heterocycles. The predicted molar refractivity (Wildman–Crippen MR) is 70.7 cm³/mol. The van der Waals surface area contributed by atoms with Gasteiger partial charge in [0.05, 0.1) is 11.0 Å². The van der Waals surface area contributed by atoms with Crippen LogP contribution in [0.1, 0.15) is 38.2 Å². The molecule has 5 heteroatoms. The summed E-state index contributed by atoms with van der Waals surface area (Å²) >= 11 is 0. The molecule has 1 aliphatic carbocycles. The minimum absolute atomic E-state index is 0.132. The van der Waals surface area contributed by atoms with E-state index in [0.29, 0.717) is 16.8 Å². The Morgan fingerprint density at radius 3 is 2.83 bits per heavy atom. The third kappa shape index (κ3) is 2.78. The normalized spacial score (nSPS) is 16.3. The molecule has 0 amide bonds. The molecule has 1 N–H and O–H groups in total. The number of nitro groups is 1. The number of anilines is 1. The van der Waals surface area contributed by atoms with E-state index in [1.54, 1.807) is 13.1 Å². The van der Waals surface area contributed by atoms with Crippen molar-refractivity contribution in [3.05, 3.63) is 27.9 Å². The van der Waals surface area contributed by atoms with E-state index in [4.69, 9.17) is 0 Å². The van der Waals surface area contributed by atoms with E-state index in [9.17, 15) is 10.1 Å². The van der Waals surface area contributed by atoms with Gasteiger partial charge in [0.2, 0.25) is 0 Å². The maximum Gasteiger partial charge on any atom is 0.277 e. The second kappa shape index (κ2) is 4.92. The first-order chi connectivity index (χ1) is 8.56. The lowest BCUT2D eigenvalue weighted by Crippen LogP contribution is -2.16. The van der Waals surface area contributed by atoms with E-state index in [1.807, 2.05) is 0 Å². The van der Waals surface area contributed by atoms with E-state index >= 15 is 0 Å². The second-order valence-corrected chi connectivity index (χ2v) is 5.22. The third-order valence-corrected chi connectivity index (χ3v) is 3.65. The minimum atomic E-state index is -0.360. The molecule has 0 unspecified atom stereocenters. The number of aryl methyl sites for hydroxylation is 1. The molecular weight excluding hydrogens is 230 g/mol. The molecule has 2 rings (SSSR count). The zero-order valence-corrected chi connectivity index (χ0v) is 10.9. The molecule has 0 saturated heterocycles. The topological polar surface area (TPSA) is 68.1 Å². The summed E-state index contributed by atoms with van der Waals surface area (Å²) in [6.07, 6.45) is 6.46. The van der Waals surface area contributed by atoms with Gasteiger partial charge in [-0.3, -0.25) is 10.1 Å². The summed E-state index contributed by atoms with van der Waals surface area (Å²) in [4.78, 5) is 14.7. The standard InChI is InChI=1S/C13H19N3O2/c1-3-4-13(5-6-13)9-15-12-7-11(16(17)18)10(2)8-14-12/h7-8H,3-6,9H2,1-2H3,(H,14,15). The Kier molecular flexibility index (Phi) is 3.50. The number of nitrogens with one attached hydrogen (secondary N) is 1. The highest BCUT2D eigenvalue weighted by atomic mass is 16.6. The van der Waals surface area contributed by atoms with Crippen LogP contribution in [0.15, 0.2) is 12.3 Å². The summed E-state index contributed by atoms with van der Waals surface area (Å²) < 4.78 is 0. The number of pyridine rings is 1. The summed E-state index contributed by atoms with van der Waals surface area (Å²) in [5.74, 6) is 0.606. The average molecular weight is 249 g/mol. The molecule has 0 aromatic carbocycles. The molecule has 18 heavy (non-hydrogen) atoms. The smallest absolute Gasteiger partial charge is 0.277 e. The van der Waals surface area contributed by atoms with Crippen LogP contribution in [-0.4, -0.2) is 16.5 Å². The van der Waals surface area contributed by atoms with Gasteiger partial charge >= 0.3 is 0 Å². The summed E-state index contributed by atoms with van der Waals surface area (Å²) in [5.41, 5.74) is 1.14. The van der Waals surface area contributed by atoms with Gasteiger partial charge in [0.1, 0.15) is 5.82 Å². The highest BCUT2D eigenvalue weighted by Crippen LogP contribution is 2.49. The molecule has 1 aromatic rings. The Hall–Kier alpha value is -1.65. The molecule has 98 valence electrons. The minimum Gasteiger partial charge on any atom is -0.369 e. The van der Waals surface area contributed by atoms with Crippen molar-refractivity contribution >= 4 is 11.5 Å². The van der Waals surface area contributed by atoms with Crippen LogP contribution in [0.4, 0.5) is 11.5 Å². The van der Waals surface area contributed by atoms with Gasteiger partial charge in [-0.1, -0.05) is 13.3 Å². The fraction of sp³-hybridized carbons (Fsp3) is 0.615. The number of hydrogen-bond donors (Lipinski definition) is 1. The lowest BCUT2D eigenvalue weighted by molar-refractivity contribution is -0.385. The van der Waals surface area contributed by atoms with Crippen LogP contribution in [0.2, 0.25) is 0 Å². The maximum atomic E-state index is 10.8. The zero-order valence-electron chi connectivity index (χ0n) is 10.9. The highest BCUT2D eigenvalue weighted by molar-refractivity contribution is 5.49. The SMILES string of the molecule is CCCC1(CNc2cc([N+](=O)[O-])c(C)cn2)CC1. The van der Waals surface area contributed by atoms with Crippen molar-refractivity contribution in [1.29, 1.82) is 0 Å². The number of aromatic nitrogens is 1. The molecule has 1 saturated carbocycles. The molecule has 5 nitrogen and oxygen atoms in total. The summed E-state index contributed by atoms with van der Waals surface area (Å²) in [5, 5.41) is 14.1. The van der Waals surface area contributed by atoms with Gasteiger partial charge in [0.15, 0.2) is 0 Å².